The number of carbonyl (C=O) groups is 5. The van der Waals surface area contributed by atoms with Gasteiger partial charge in [0.2, 0.25) is 11.8 Å². The summed E-state index contributed by atoms with van der Waals surface area (Å²) in [5.74, 6) is -2.24. The smallest absolute Gasteiger partial charge is 0.494 e. The number of hydrogen-bond acceptors (Lipinski definition) is 12. The molecule has 1 atom stereocenters. The number of benzene rings is 1. The van der Waals surface area contributed by atoms with Gasteiger partial charge < -0.3 is 42.3 Å². The highest BCUT2D eigenvalue weighted by molar-refractivity contribution is 7.94. The number of nitrogens with one attached hydrogen (secondary N) is 2. The monoisotopic (exact) mass is 953 g/mol. The van der Waals surface area contributed by atoms with E-state index in [1.54, 1.807) is 30.4 Å². The zero-order valence-electron chi connectivity index (χ0n) is 37.5. The second kappa shape index (κ2) is 22.8. The number of hydrogen-bond donors (Lipinski definition) is 3. The lowest BCUT2D eigenvalue weighted by atomic mass is 9.88. The number of nitrogens with zero attached hydrogens (tertiary/aromatic N) is 4. The molecule has 6 rings (SSSR count). The van der Waals surface area contributed by atoms with Gasteiger partial charge in [-0.05, 0) is 79.5 Å². The van der Waals surface area contributed by atoms with E-state index in [2.05, 4.69) is 41.1 Å². The van der Waals surface area contributed by atoms with Crippen LogP contribution >= 0.6 is 23.4 Å². The summed E-state index contributed by atoms with van der Waals surface area (Å²) in [5.41, 5.74) is 4.45. The van der Waals surface area contributed by atoms with Crippen LogP contribution < -0.4 is 15.4 Å². The van der Waals surface area contributed by atoms with E-state index in [1.807, 2.05) is 48.7 Å². The molecular weight excluding hydrogens is 897 g/mol. The first-order valence-corrected chi connectivity index (χ1v) is 23.7. The van der Waals surface area contributed by atoms with Crippen LogP contribution in [-0.2, 0) is 38.2 Å². The van der Waals surface area contributed by atoms with E-state index < -0.39 is 42.6 Å². The summed E-state index contributed by atoms with van der Waals surface area (Å²) >= 11 is 2.06. The average Bonchev–Trinajstić information content (AvgIpc) is 4.07. The molecule has 3 N–H and O–H groups in total. The SMILES string of the molecule is Cc1cc(/C=C/c2ccc(OCCCC(=O)NC(CSOOO)C(=O)NCCCCCC(=O)ON3C(=O)CCC3=O)cc2)n2c1C=C1C(CCC[N+](C)(C)C)=CC(c3cccs3)=[N+]1[B-]2(F)F. The number of quaternary nitrogens is 1. The maximum Gasteiger partial charge on any atom is 0.737 e. The van der Waals surface area contributed by atoms with Gasteiger partial charge in [-0.3, -0.25) is 19.2 Å². The topological polar surface area (TPSA) is 178 Å². The van der Waals surface area contributed by atoms with Crippen LogP contribution in [0.15, 0.2) is 65.2 Å². The summed E-state index contributed by atoms with van der Waals surface area (Å²) in [6.45, 7) is -1.01. The molecule has 1 fully saturated rings. The quantitative estimate of drug-likeness (QED) is 0.0160. The molecule has 0 spiro atoms. The van der Waals surface area contributed by atoms with Crippen molar-refractivity contribution in [1.82, 2.24) is 20.2 Å². The Kier molecular flexibility index (Phi) is 17.3. The predicted molar refractivity (Wildman–Crippen MR) is 247 cm³/mol. The number of aromatic nitrogens is 1. The van der Waals surface area contributed by atoms with Crippen molar-refractivity contribution in [2.45, 2.75) is 77.2 Å². The van der Waals surface area contributed by atoms with Crippen molar-refractivity contribution in [2.75, 3.05) is 46.6 Å². The van der Waals surface area contributed by atoms with Crippen LogP contribution in [0.1, 0.15) is 91.6 Å². The van der Waals surface area contributed by atoms with Crippen LogP contribution in [-0.4, -0.2) is 119 Å². The standard InChI is InChI=1S/C45H55BF2N6O10S2/c1-31-27-34(51-37(31)29-38-33(11-8-24-54(2,3)4)28-39(40-12-10-26-65-40)52(38)46(51,47)48)18-15-32-16-19-35(20-17-32)61-25-9-13-41(55)50-36(30-66-64-63-60)45(59)49-23-7-5-6-14-44(58)62-53-42(56)21-22-43(53)57/h10,12,15-20,26-29,36H,5-9,11,13-14,21-25,30H2,1-4H3,(H2-,49,50,55,59,60)/p+1/b18-15+. The third-order valence-electron chi connectivity index (χ3n) is 11.1. The van der Waals surface area contributed by atoms with Gasteiger partial charge >= 0.3 is 12.9 Å². The van der Waals surface area contributed by atoms with Crippen molar-refractivity contribution in [1.29, 1.82) is 0 Å². The van der Waals surface area contributed by atoms with Crippen LogP contribution in [0.5, 0.6) is 5.75 Å². The number of amides is 4. The van der Waals surface area contributed by atoms with Crippen LogP contribution in [0.25, 0.3) is 18.2 Å². The van der Waals surface area contributed by atoms with Gasteiger partial charge in [0.25, 0.3) is 11.8 Å². The van der Waals surface area contributed by atoms with Gasteiger partial charge in [-0.15, -0.1) is 20.7 Å². The third-order valence-corrected chi connectivity index (χ3v) is 12.6. The molecule has 354 valence electrons. The summed E-state index contributed by atoms with van der Waals surface area (Å²) in [6, 6.07) is 11.7. The van der Waals surface area contributed by atoms with Crippen molar-refractivity contribution < 1.29 is 65.8 Å². The van der Waals surface area contributed by atoms with Gasteiger partial charge in [0.15, 0.2) is 11.4 Å². The van der Waals surface area contributed by atoms with E-state index >= 15 is 8.63 Å². The Morgan fingerprint density at radius 1 is 1.00 bits per heavy atom. The number of unbranched alkanes of at least 4 members (excludes halogenated alkanes) is 2. The molecule has 2 aromatic heterocycles. The van der Waals surface area contributed by atoms with Gasteiger partial charge in [0.1, 0.15) is 11.8 Å². The Balaban J connectivity index is 0.968. The molecule has 3 aliphatic heterocycles. The van der Waals surface area contributed by atoms with E-state index in [-0.39, 0.29) is 44.6 Å². The normalized spacial score (nSPS) is 16.0. The number of aryl methyl sites for hydroxylation is 1. The van der Waals surface area contributed by atoms with Crippen LogP contribution in [0.4, 0.5) is 8.63 Å². The number of rotatable bonds is 25. The molecule has 0 radical (unpaired) electrons. The molecule has 5 heterocycles. The van der Waals surface area contributed by atoms with E-state index in [4.69, 9.17) is 14.8 Å². The minimum Gasteiger partial charge on any atom is -0.494 e. The Bertz CT molecular complexity index is 2360. The van der Waals surface area contributed by atoms with Crippen molar-refractivity contribution in [3.05, 3.63) is 92.6 Å². The molecule has 1 aromatic carbocycles. The van der Waals surface area contributed by atoms with Crippen LogP contribution in [0, 0.1) is 6.92 Å². The number of halogens is 2. The second-order valence-electron chi connectivity index (χ2n) is 17.2. The van der Waals surface area contributed by atoms with Gasteiger partial charge in [0, 0.05) is 79.8 Å². The first-order chi connectivity index (χ1) is 31.5. The number of thiophene rings is 1. The zero-order chi connectivity index (χ0) is 47.4. The maximum absolute atomic E-state index is 17.0. The van der Waals surface area contributed by atoms with Gasteiger partial charge in [-0.2, -0.15) is 0 Å². The highest BCUT2D eigenvalue weighted by atomic mass is 32.2. The Morgan fingerprint density at radius 3 is 2.45 bits per heavy atom. The lowest BCUT2D eigenvalue weighted by Crippen LogP contribution is -2.51. The summed E-state index contributed by atoms with van der Waals surface area (Å²) in [7, 11) is 6.39. The molecule has 0 aliphatic carbocycles. The Labute approximate surface area is 390 Å². The fraction of sp³-hybridized carbons (Fsp3) is 0.422. The highest BCUT2D eigenvalue weighted by Crippen LogP contribution is 2.40. The minimum atomic E-state index is -4.24. The lowest BCUT2D eigenvalue weighted by molar-refractivity contribution is -0.870. The number of carbonyl (C=O) groups excluding carboxylic acids is 5. The first kappa shape index (κ1) is 50.0. The Morgan fingerprint density at radius 2 is 1.76 bits per heavy atom. The molecule has 21 heteroatoms. The highest BCUT2D eigenvalue weighted by Gasteiger charge is 2.54. The van der Waals surface area contributed by atoms with Crippen LogP contribution in [0.2, 0.25) is 0 Å². The average molecular weight is 954 g/mol. The van der Waals surface area contributed by atoms with E-state index in [9.17, 15) is 24.0 Å². The zero-order valence-corrected chi connectivity index (χ0v) is 39.1. The van der Waals surface area contributed by atoms with E-state index in [0.29, 0.717) is 77.8 Å². The number of hydroxylamine groups is 2. The van der Waals surface area contributed by atoms with Crippen LogP contribution in [0.3, 0.4) is 0 Å². The first-order valence-electron chi connectivity index (χ1n) is 21.9. The molecule has 4 amide bonds. The van der Waals surface area contributed by atoms with Gasteiger partial charge in [-0.25, -0.2) is 10.1 Å². The largest absolute Gasteiger partial charge is 0.737 e. The van der Waals surface area contributed by atoms with E-state index in [0.717, 1.165) is 39.0 Å². The molecule has 1 unspecified atom stereocenters. The molecule has 16 nitrogen and oxygen atoms in total. The summed E-state index contributed by atoms with van der Waals surface area (Å²) in [6.07, 6.45) is 10.7. The lowest BCUT2D eigenvalue weighted by Gasteiger charge is -2.31. The molecule has 0 bridgehead atoms. The third kappa shape index (κ3) is 13.1. The molecule has 0 saturated carbocycles. The Hall–Kier alpha value is -5.45. The maximum atomic E-state index is 17.0. The van der Waals surface area contributed by atoms with Crippen molar-refractivity contribution in [3.63, 3.8) is 0 Å². The number of allylic oxidation sites excluding steroid dienone is 2. The number of fused-ring (bicyclic) bond motifs is 2. The summed E-state index contributed by atoms with van der Waals surface area (Å²) in [4.78, 5) is 66.5. The molecular formula is C45H56BF2N6O10S2+. The summed E-state index contributed by atoms with van der Waals surface area (Å²) < 4.78 is 47.4. The molecule has 66 heavy (non-hydrogen) atoms. The van der Waals surface area contributed by atoms with Crippen molar-refractivity contribution in [3.8, 4) is 5.75 Å². The predicted octanol–water partition coefficient (Wildman–Crippen LogP) is 6.53. The molecule has 3 aliphatic rings. The van der Waals surface area contributed by atoms with Gasteiger partial charge in [-0.1, -0.05) is 35.7 Å². The molecule has 3 aromatic rings. The molecule has 1 saturated heterocycles. The second-order valence-corrected chi connectivity index (χ2v) is 18.8. The fourth-order valence-electron chi connectivity index (χ4n) is 7.80. The van der Waals surface area contributed by atoms with E-state index in [1.165, 1.54) is 20.3 Å². The number of ether oxygens (including phenoxy) is 1. The fourth-order valence-corrected chi connectivity index (χ4v) is 9.01. The van der Waals surface area contributed by atoms with Gasteiger partial charge in [0.05, 0.1) is 44.9 Å². The number of imide groups is 1. The minimum absolute atomic E-state index is 0.0115. The van der Waals surface area contributed by atoms with Crippen molar-refractivity contribution >= 4 is 83.9 Å². The summed E-state index contributed by atoms with van der Waals surface area (Å²) in [5, 5.41) is 19.9. The van der Waals surface area contributed by atoms with Crippen molar-refractivity contribution in [2.24, 2.45) is 0 Å².